The molecule has 0 bridgehead atoms. The molecule has 0 heterocycles. The summed E-state index contributed by atoms with van der Waals surface area (Å²) in [5.41, 5.74) is 23.8. The van der Waals surface area contributed by atoms with Crippen molar-refractivity contribution in [2.24, 2.45) is 4.99 Å². The van der Waals surface area contributed by atoms with Gasteiger partial charge in [-0.15, -0.1) is 0 Å². The van der Waals surface area contributed by atoms with Crippen LogP contribution in [-0.4, -0.2) is 6.21 Å². The Morgan fingerprint density at radius 2 is 0.826 bits per heavy atom. The molecule has 2 aliphatic carbocycles. The lowest BCUT2D eigenvalue weighted by Crippen LogP contribution is -2.40. The summed E-state index contributed by atoms with van der Waals surface area (Å²) in [5.74, 6) is 0. The Labute approximate surface area is 406 Å². The predicted molar refractivity (Wildman–Crippen MR) is 290 cm³/mol. The van der Waals surface area contributed by atoms with Crippen molar-refractivity contribution in [3.05, 3.63) is 305 Å². The lowest BCUT2D eigenvalue weighted by molar-refractivity contribution is 0.563. The number of hydrogen-bond acceptors (Lipinski definition) is 1. The second-order valence-electron chi connectivity index (χ2n) is 19.0. The van der Waals surface area contributed by atoms with Crippen LogP contribution in [-0.2, 0) is 17.3 Å². The Morgan fingerprint density at radius 3 is 1.39 bits per heavy atom. The van der Waals surface area contributed by atoms with Crippen LogP contribution in [0.3, 0.4) is 0 Å². The van der Waals surface area contributed by atoms with Gasteiger partial charge in [-0.05, 0) is 131 Å². The van der Waals surface area contributed by atoms with E-state index in [0.717, 1.165) is 23.2 Å². The molecule has 328 valence electrons. The van der Waals surface area contributed by atoms with Crippen molar-refractivity contribution < 1.29 is 0 Å². The van der Waals surface area contributed by atoms with Crippen LogP contribution < -0.4 is 0 Å². The highest BCUT2D eigenvalue weighted by Gasteiger charge is 2.53. The Kier molecular flexibility index (Phi) is 10.6. The molecule has 1 nitrogen and oxygen atoms in total. The van der Waals surface area contributed by atoms with E-state index in [9.17, 15) is 0 Å². The van der Waals surface area contributed by atoms with Gasteiger partial charge in [-0.2, -0.15) is 0 Å². The number of allylic oxidation sites excluding steroid dienone is 1. The molecule has 1 heteroatoms. The smallest absolute Gasteiger partial charge is 0.0719 e. The Hall–Kier alpha value is -8.39. The van der Waals surface area contributed by atoms with Crippen molar-refractivity contribution in [3.8, 4) is 55.6 Å². The van der Waals surface area contributed by atoms with Gasteiger partial charge in [0.05, 0.1) is 11.1 Å². The number of fused-ring (bicyclic) bond motifs is 9. The summed E-state index contributed by atoms with van der Waals surface area (Å²) < 4.78 is 0. The average molecular weight is 882 g/mol. The van der Waals surface area contributed by atoms with Gasteiger partial charge in [0.2, 0.25) is 0 Å². The fraction of sp³-hybridized carbons (Fsp3) is 0.0735. The van der Waals surface area contributed by atoms with Crippen LogP contribution >= 0.6 is 0 Å². The highest BCUT2D eigenvalue weighted by Crippen LogP contribution is 2.63. The molecule has 0 fully saturated rings. The van der Waals surface area contributed by atoms with Gasteiger partial charge in [-0.1, -0.05) is 244 Å². The molecular formula is C68H51N. The average Bonchev–Trinajstić information content (AvgIpc) is 3.72. The molecule has 0 radical (unpaired) electrons. The molecule has 12 rings (SSSR count). The summed E-state index contributed by atoms with van der Waals surface area (Å²) in [6.07, 6.45) is 5.17. The monoisotopic (exact) mass is 881 g/mol. The number of benzene rings is 10. The molecule has 2 aliphatic rings. The molecule has 0 saturated carbocycles. The van der Waals surface area contributed by atoms with Crippen molar-refractivity contribution >= 4 is 11.9 Å². The highest BCUT2D eigenvalue weighted by molar-refractivity contribution is 6.01. The second kappa shape index (κ2) is 17.4. The van der Waals surface area contributed by atoms with E-state index in [1.54, 1.807) is 0 Å². The molecule has 0 aromatic heterocycles. The zero-order valence-electron chi connectivity index (χ0n) is 39.0. The van der Waals surface area contributed by atoms with Gasteiger partial charge in [0.1, 0.15) is 0 Å². The summed E-state index contributed by atoms with van der Waals surface area (Å²) in [6, 6.07) is 91.2. The number of nitrogens with zero attached hydrogens (tertiary/aromatic N) is 1. The molecule has 0 aliphatic heterocycles. The Bertz CT molecular complexity index is 3460. The number of hydrogen-bond donors (Lipinski definition) is 0. The first-order valence-electron chi connectivity index (χ1n) is 24.2. The van der Waals surface area contributed by atoms with Crippen LogP contribution in [0.1, 0.15) is 63.9 Å². The van der Waals surface area contributed by atoms with Gasteiger partial charge in [0.25, 0.3) is 0 Å². The SMILES string of the molecule is CC1(C)c2ccccc2C2(c3ccc(-c4ccc(-c5cc(-c6ccccc6)cc(-c6ccccc6)c5)cc4)cc3-c3c(C=N/C(=C\Cc4ccccc4)c4ccccc4)cccc32)c2ccccc21. The van der Waals surface area contributed by atoms with E-state index in [4.69, 9.17) is 4.99 Å². The molecule has 69 heavy (non-hydrogen) atoms. The van der Waals surface area contributed by atoms with Crippen molar-refractivity contribution in [2.45, 2.75) is 31.1 Å². The number of aliphatic imine (C=N–C) groups is 1. The first kappa shape index (κ1) is 42.0. The van der Waals surface area contributed by atoms with E-state index in [2.05, 4.69) is 275 Å². The number of rotatable bonds is 9. The maximum absolute atomic E-state index is 5.38. The predicted octanol–water partition coefficient (Wildman–Crippen LogP) is 17.1. The lowest BCUT2D eigenvalue weighted by Gasteiger charge is -2.46. The van der Waals surface area contributed by atoms with E-state index >= 15 is 0 Å². The normalized spacial score (nSPS) is 14.0. The molecule has 0 amide bonds. The Balaban J connectivity index is 1.02. The topological polar surface area (TPSA) is 12.4 Å². The highest BCUT2D eigenvalue weighted by atomic mass is 14.7. The van der Waals surface area contributed by atoms with E-state index in [-0.39, 0.29) is 5.41 Å². The van der Waals surface area contributed by atoms with E-state index in [1.807, 2.05) is 0 Å². The van der Waals surface area contributed by atoms with Crippen LogP contribution in [0.2, 0.25) is 0 Å². The molecule has 10 aromatic carbocycles. The minimum Gasteiger partial charge on any atom is -0.256 e. The first-order chi connectivity index (χ1) is 34.0. The fourth-order valence-electron chi connectivity index (χ4n) is 11.3. The maximum atomic E-state index is 5.38. The first-order valence-corrected chi connectivity index (χ1v) is 24.2. The van der Waals surface area contributed by atoms with Gasteiger partial charge in [0, 0.05) is 17.2 Å². The van der Waals surface area contributed by atoms with Gasteiger partial charge in [0.15, 0.2) is 0 Å². The second-order valence-corrected chi connectivity index (χ2v) is 19.0. The molecule has 1 spiro atoms. The third kappa shape index (κ3) is 7.30. The molecule has 0 atom stereocenters. The van der Waals surface area contributed by atoms with Crippen molar-refractivity contribution in [3.63, 3.8) is 0 Å². The van der Waals surface area contributed by atoms with Gasteiger partial charge in [-0.25, -0.2) is 0 Å². The molecular weight excluding hydrogens is 831 g/mol. The van der Waals surface area contributed by atoms with Gasteiger partial charge < -0.3 is 0 Å². The zero-order valence-corrected chi connectivity index (χ0v) is 39.0. The third-order valence-electron chi connectivity index (χ3n) is 14.7. The fourth-order valence-corrected chi connectivity index (χ4v) is 11.3. The summed E-state index contributed by atoms with van der Waals surface area (Å²) in [7, 11) is 0. The quantitative estimate of drug-likeness (QED) is 0.128. The van der Waals surface area contributed by atoms with Crippen molar-refractivity contribution in [2.75, 3.05) is 0 Å². The van der Waals surface area contributed by atoms with E-state index in [1.165, 1.54) is 94.6 Å². The largest absolute Gasteiger partial charge is 0.256 e. The van der Waals surface area contributed by atoms with E-state index < -0.39 is 5.41 Å². The Morgan fingerprint density at radius 1 is 0.377 bits per heavy atom. The van der Waals surface area contributed by atoms with Gasteiger partial charge in [-0.3, -0.25) is 4.99 Å². The summed E-state index contributed by atoms with van der Waals surface area (Å²) in [5, 5.41) is 0. The van der Waals surface area contributed by atoms with Gasteiger partial charge >= 0.3 is 0 Å². The maximum Gasteiger partial charge on any atom is 0.0719 e. The van der Waals surface area contributed by atoms with Crippen LogP contribution in [0.5, 0.6) is 0 Å². The van der Waals surface area contributed by atoms with Crippen molar-refractivity contribution in [1.29, 1.82) is 0 Å². The van der Waals surface area contributed by atoms with Crippen molar-refractivity contribution in [1.82, 2.24) is 0 Å². The lowest BCUT2D eigenvalue weighted by atomic mass is 9.55. The molecule has 10 aromatic rings. The molecule has 0 unspecified atom stereocenters. The third-order valence-corrected chi connectivity index (χ3v) is 14.7. The van der Waals surface area contributed by atoms with Crippen LogP contribution in [0, 0.1) is 0 Å². The van der Waals surface area contributed by atoms with Crippen LogP contribution in [0.15, 0.2) is 260 Å². The summed E-state index contributed by atoms with van der Waals surface area (Å²) >= 11 is 0. The van der Waals surface area contributed by atoms with Crippen LogP contribution in [0.4, 0.5) is 0 Å². The minimum absolute atomic E-state index is 0.182. The standard InChI is InChI=1S/C68H51N/c1-67(2)60-29-15-17-31-62(60)68(63-32-18-16-30-61(63)67)59-40-39-53(50-35-37-51(38-36-50)57-43-55(48-22-9-4-10-23-48)42-56(44-57)49-24-11-5-12-25-49)45-58(59)66-54(28-19-33-64(66)68)46-69-65(52-26-13-6-14-27-52)41-34-47-20-7-3-8-21-47/h3-33,35-46H,34H2,1-2H3/b65-41-,69-46?. The van der Waals surface area contributed by atoms with Crippen LogP contribution in [0.25, 0.3) is 61.3 Å². The molecule has 0 saturated heterocycles. The van der Waals surface area contributed by atoms with E-state index in [0.29, 0.717) is 0 Å². The minimum atomic E-state index is -0.523. The summed E-state index contributed by atoms with van der Waals surface area (Å²) in [4.78, 5) is 5.38. The summed E-state index contributed by atoms with van der Waals surface area (Å²) in [6.45, 7) is 4.77. The zero-order chi connectivity index (χ0) is 46.4. The molecule has 0 N–H and O–H groups in total.